The minimum absolute atomic E-state index is 0.735. The second kappa shape index (κ2) is 5.41. The first kappa shape index (κ1) is 13.7. The monoisotopic (exact) mass is 327 g/mol. The highest BCUT2D eigenvalue weighted by atomic mass is 15.2. The molecule has 0 aliphatic heterocycles. The molecule has 5 rings (SSSR count). The molecule has 25 heavy (non-hydrogen) atoms. The van der Waals surface area contributed by atoms with Gasteiger partial charge in [-0.15, -0.1) is 0 Å². The number of imidazole rings is 1. The summed E-state index contributed by atoms with van der Waals surface area (Å²) in [6.07, 6.45) is 5.06. The SMILES string of the molecule is c1cc(-c2ncc[nH]2)cc(-c2n[nH]c3ccc(-c4ncn[nH]4)cc23)c1. The molecule has 0 unspecified atom stereocenters. The third-order valence-corrected chi connectivity index (χ3v) is 4.16. The average molecular weight is 327 g/mol. The molecule has 0 aliphatic carbocycles. The first-order valence-corrected chi connectivity index (χ1v) is 7.82. The Bertz CT molecular complexity index is 1140. The van der Waals surface area contributed by atoms with E-state index in [4.69, 9.17) is 0 Å². The third-order valence-electron chi connectivity index (χ3n) is 4.16. The molecule has 3 N–H and O–H groups in total. The summed E-state index contributed by atoms with van der Waals surface area (Å²) in [4.78, 5) is 11.7. The normalized spacial score (nSPS) is 11.2. The Kier molecular flexibility index (Phi) is 2.96. The van der Waals surface area contributed by atoms with Crippen LogP contribution < -0.4 is 0 Å². The summed E-state index contributed by atoms with van der Waals surface area (Å²) in [5.74, 6) is 1.57. The molecule has 7 heteroatoms. The van der Waals surface area contributed by atoms with E-state index in [1.54, 1.807) is 6.20 Å². The second-order valence-electron chi connectivity index (χ2n) is 5.69. The van der Waals surface area contributed by atoms with Crippen molar-refractivity contribution in [2.45, 2.75) is 0 Å². The lowest BCUT2D eigenvalue weighted by Gasteiger charge is -2.03. The van der Waals surface area contributed by atoms with Gasteiger partial charge < -0.3 is 4.98 Å². The van der Waals surface area contributed by atoms with Crippen LogP contribution in [0.4, 0.5) is 0 Å². The van der Waals surface area contributed by atoms with E-state index in [1.807, 2.05) is 36.5 Å². The summed E-state index contributed by atoms with van der Waals surface area (Å²) in [6, 6.07) is 14.2. The molecule has 0 amide bonds. The highest BCUT2D eigenvalue weighted by Gasteiger charge is 2.12. The van der Waals surface area contributed by atoms with Gasteiger partial charge in [-0.05, 0) is 24.3 Å². The molecule has 3 heterocycles. The number of fused-ring (bicyclic) bond motifs is 1. The van der Waals surface area contributed by atoms with Crippen molar-refractivity contribution in [3.63, 3.8) is 0 Å². The molecule has 0 bridgehead atoms. The molecule has 0 fully saturated rings. The molecular weight excluding hydrogens is 314 g/mol. The number of H-pyrrole nitrogens is 3. The number of rotatable bonds is 3. The van der Waals surface area contributed by atoms with Gasteiger partial charge in [0.05, 0.1) is 11.2 Å². The van der Waals surface area contributed by atoms with Gasteiger partial charge in [0.25, 0.3) is 0 Å². The van der Waals surface area contributed by atoms with Gasteiger partial charge in [-0.2, -0.15) is 10.2 Å². The van der Waals surface area contributed by atoms with Crippen LogP contribution in [0.1, 0.15) is 0 Å². The van der Waals surface area contributed by atoms with Crippen LogP contribution in [0.25, 0.3) is 44.9 Å². The zero-order valence-electron chi connectivity index (χ0n) is 13.1. The Morgan fingerprint density at radius 3 is 2.56 bits per heavy atom. The molecule has 7 nitrogen and oxygen atoms in total. The molecule has 2 aromatic carbocycles. The minimum atomic E-state index is 0.735. The zero-order valence-corrected chi connectivity index (χ0v) is 13.1. The summed E-state index contributed by atoms with van der Waals surface area (Å²) < 4.78 is 0. The maximum absolute atomic E-state index is 4.51. The van der Waals surface area contributed by atoms with E-state index in [0.717, 1.165) is 44.9 Å². The van der Waals surface area contributed by atoms with Crippen LogP contribution in [-0.2, 0) is 0 Å². The number of hydrogen-bond donors (Lipinski definition) is 3. The standard InChI is InChI=1S/C18H13N7/c1-2-11(8-12(3-1)17-19-6-7-20-17)16-14-9-13(18-21-10-22-25-18)4-5-15(14)23-24-16/h1-10H,(H,19,20)(H,23,24)(H,21,22,25). The minimum Gasteiger partial charge on any atom is -0.345 e. The Labute approximate surface area is 142 Å². The van der Waals surface area contributed by atoms with Gasteiger partial charge in [0.15, 0.2) is 5.82 Å². The Morgan fingerprint density at radius 1 is 0.800 bits per heavy atom. The van der Waals surface area contributed by atoms with Gasteiger partial charge >= 0.3 is 0 Å². The van der Waals surface area contributed by atoms with Crippen molar-refractivity contribution < 1.29 is 0 Å². The Hall–Kier alpha value is -3.74. The van der Waals surface area contributed by atoms with Crippen molar-refractivity contribution in [2.75, 3.05) is 0 Å². The van der Waals surface area contributed by atoms with Crippen molar-refractivity contribution in [3.05, 3.63) is 61.2 Å². The van der Waals surface area contributed by atoms with Crippen LogP contribution in [0.5, 0.6) is 0 Å². The maximum atomic E-state index is 4.51. The zero-order chi connectivity index (χ0) is 16.6. The molecule has 0 aliphatic rings. The Morgan fingerprint density at radius 2 is 1.72 bits per heavy atom. The first-order valence-electron chi connectivity index (χ1n) is 7.82. The molecule has 3 aromatic heterocycles. The smallest absolute Gasteiger partial charge is 0.155 e. The summed E-state index contributed by atoms with van der Waals surface area (Å²) in [6.45, 7) is 0. The van der Waals surface area contributed by atoms with Crippen LogP contribution in [0.2, 0.25) is 0 Å². The van der Waals surface area contributed by atoms with Crippen molar-refractivity contribution in [2.24, 2.45) is 0 Å². The molecule has 0 saturated carbocycles. The fraction of sp³-hybridized carbons (Fsp3) is 0. The van der Waals surface area contributed by atoms with E-state index in [0.29, 0.717) is 0 Å². The van der Waals surface area contributed by atoms with Gasteiger partial charge in [0, 0.05) is 34.5 Å². The quantitative estimate of drug-likeness (QED) is 0.473. The van der Waals surface area contributed by atoms with Crippen molar-refractivity contribution in [3.8, 4) is 34.0 Å². The van der Waals surface area contributed by atoms with Crippen LogP contribution >= 0.6 is 0 Å². The van der Waals surface area contributed by atoms with Crippen molar-refractivity contribution >= 4 is 10.9 Å². The van der Waals surface area contributed by atoms with Crippen LogP contribution in [0.15, 0.2) is 61.2 Å². The molecule has 0 radical (unpaired) electrons. The van der Waals surface area contributed by atoms with Crippen LogP contribution in [-0.4, -0.2) is 35.3 Å². The number of aromatic nitrogens is 7. The number of hydrogen-bond acceptors (Lipinski definition) is 4. The van der Waals surface area contributed by atoms with Gasteiger partial charge in [0.2, 0.25) is 0 Å². The molecular formula is C18H13N7. The second-order valence-corrected chi connectivity index (χ2v) is 5.69. The molecule has 120 valence electrons. The topological polar surface area (TPSA) is 98.9 Å². The summed E-state index contributed by atoms with van der Waals surface area (Å²) in [5, 5.41) is 15.4. The van der Waals surface area contributed by atoms with Gasteiger partial charge in [-0.3, -0.25) is 10.2 Å². The van der Waals surface area contributed by atoms with E-state index in [-0.39, 0.29) is 0 Å². The molecule has 0 spiro atoms. The highest BCUT2D eigenvalue weighted by Crippen LogP contribution is 2.31. The molecule has 5 aromatic rings. The van der Waals surface area contributed by atoms with Gasteiger partial charge in [-0.25, -0.2) is 9.97 Å². The number of nitrogens with zero attached hydrogens (tertiary/aromatic N) is 4. The van der Waals surface area contributed by atoms with Crippen LogP contribution in [0, 0.1) is 0 Å². The van der Waals surface area contributed by atoms with Crippen molar-refractivity contribution in [1.82, 2.24) is 35.3 Å². The van der Waals surface area contributed by atoms with E-state index in [1.165, 1.54) is 6.33 Å². The number of benzene rings is 2. The average Bonchev–Trinajstić information content (AvgIpc) is 3.42. The highest BCUT2D eigenvalue weighted by molar-refractivity contribution is 5.95. The Balaban J connectivity index is 1.66. The van der Waals surface area contributed by atoms with Gasteiger partial charge in [-0.1, -0.05) is 18.2 Å². The number of aromatic amines is 3. The fourth-order valence-corrected chi connectivity index (χ4v) is 2.96. The number of nitrogens with one attached hydrogen (secondary N) is 3. The summed E-state index contributed by atoms with van der Waals surface area (Å²) in [7, 11) is 0. The lowest BCUT2D eigenvalue weighted by molar-refractivity contribution is 1.10. The largest absolute Gasteiger partial charge is 0.345 e. The lowest BCUT2D eigenvalue weighted by atomic mass is 10.0. The van der Waals surface area contributed by atoms with Gasteiger partial charge in [0.1, 0.15) is 12.2 Å². The summed E-state index contributed by atoms with van der Waals surface area (Å²) in [5.41, 5.74) is 4.88. The third kappa shape index (κ3) is 2.29. The van der Waals surface area contributed by atoms with E-state index in [2.05, 4.69) is 47.5 Å². The van der Waals surface area contributed by atoms with E-state index < -0.39 is 0 Å². The lowest BCUT2D eigenvalue weighted by Crippen LogP contribution is -1.84. The summed E-state index contributed by atoms with van der Waals surface area (Å²) >= 11 is 0. The fourth-order valence-electron chi connectivity index (χ4n) is 2.96. The predicted molar refractivity (Wildman–Crippen MR) is 94.5 cm³/mol. The predicted octanol–water partition coefficient (Wildman–Crippen LogP) is 3.41. The maximum Gasteiger partial charge on any atom is 0.155 e. The molecule has 0 atom stereocenters. The first-order chi connectivity index (χ1) is 12.4. The van der Waals surface area contributed by atoms with E-state index in [9.17, 15) is 0 Å². The van der Waals surface area contributed by atoms with E-state index >= 15 is 0 Å². The van der Waals surface area contributed by atoms with Crippen molar-refractivity contribution in [1.29, 1.82) is 0 Å². The molecule has 0 saturated heterocycles. The van der Waals surface area contributed by atoms with Crippen LogP contribution in [0.3, 0.4) is 0 Å².